The van der Waals surface area contributed by atoms with Gasteiger partial charge < -0.3 is 10.5 Å². The molecule has 2 heterocycles. The predicted molar refractivity (Wildman–Crippen MR) is 125 cm³/mol. The van der Waals surface area contributed by atoms with Crippen LogP contribution in [0.15, 0.2) is 48.7 Å². The molecule has 5 rings (SSSR count). The van der Waals surface area contributed by atoms with Gasteiger partial charge in [-0.25, -0.2) is 13.8 Å². The minimum atomic E-state index is -1.38. The van der Waals surface area contributed by atoms with Gasteiger partial charge in [0, 0.05) is 17.4 Å². The monoisotopic (exact) mass is 497 g/mol. The number of aryl methyl sites for hydroxylation is 1. The van der Waals surface area contributed by atoms with Gasteiger partial charge in [0.1, 0.15) is 16.3 Å². The lowest BCUT2D eigenvalue weighted by Gasteiger charge is -2.26. The molecule has 178 valence electrons. The van der Waals surface area contributed by atoms with Crippen molar-refractivity contribution in [3.05, 3.63) is 71.0 Å². The van der Waals surface area contributed by atoms with E-state index < -0.39 is 28.9 Å². The molecule has 1 fully saturated rings. The molecule has 2 aromatic heterocycles. The van der Waals surface area contributed by atoms with Crippen molar-refractivity contribution >= 4 is 45.8 Å². The van der Waals surface area contributed by atoms with Crippen LogP contribution in [0.2, 0.25) is 5.02 Å². The number of fused-ring (bicyclic) bond motifs is 1. The third-order valence-electron chi connectivity index (χ3n) is 5.98. The summed E-state index contributed by atoms with van der Waals surface area (Å²) in [4.78, 5) is 30.7. The van der Waals surface area contributed by atoms with Gasteiger partial charge >= 0.3 is 0 Å². The molecule has 2 aromatic carbocycles. The predicted octanol–water partition coefficient (Wildman–Crippen LogP) is 4.92. The van der Waals surface area contributed by atoms with E-state index in [1.165, 1.54) is 30.5 Å². The molecular formula is C24H18ClF2N5O3. The standard InChI is InChI=1S/C24H18ClF2N5O3/c1-12-19-20(16(25)11-29-21(19)31-30-12)35-18-7-6-15(10-17(18)27)32(14-4-2-13(26)3-5-14)23(34)24(8-9-24)22(28)33/h2-7,10-11H,8-9H2,1H3,(H2,28,33)(H,29,30,31). The number of nitrogens with two attached hydrogens (primary N) is 1. The Bertz CT molecular complexity index is 1480. The number of carbonyl (C=O) groups excluding carboxylic acids is 2. The van der Waals surface area contributed by atoms with E-state index >= 15 is 4.39 Å². The molecule has 1 saturated carbocycles. The highest BCUT2D eigenvalue weighted by Crippen LogP contribution is 2.49. The Morgan fingerprint density at radius 3 is 2.46 bits per heavy atom. The van der Waals surface area contributed by atoms with E-state index in [0.717, 1.165) is 23.1 Å². The number of pyridine rings is 1. The van der Waals surface area contributed by atoms with Crippen LogP contribution in [0.5, 0.6) is 11.5 Å². The SMILES string of the molecule is Cc1[nH]nc2ncc(Cl)c(Oc3ccc(N(C(=O)C4(C(N)=O)CC4)c4ccc(F)cc4)cc3F)c12. The van der Waals surface area contributed by atoms with Gasteiger partial charge in [0.05, 0.1) is 17.3 Å². The number of H-pyrrole nitrogens is 1. The molecule has 0 atom stereocenters. The summed E-state index contributed by atoms with van der Waals surface area (Å²) in [7, 11) is 0. The number of amides is 2. The molecule has 35 heavy (non-hydrogen) atoms. The van der Waals surface area contributed by atoms with Crippen molar-refractivity contribution in [2.75, 3.05) is 4.90 Å². The summed E-state index contributed by atoms with van der Waals surface area (Å²) in [5.41, 5.74) is 5.47. The number of halogens is 3. The largest absolute Gasteiger partial charge is 0.452 e. The van der Waals surface area contributed by atoms with Gasteiger partial charge in [-0.15, -0.1) is 0 Å². The van der Waals surface area contributed by atoms with E-state index in [9.17, 15) is 14.0 Å². The Morgan fingerprint density at radius 2 is 1.83 bits per heavy atom. The van der Waals surface area contributed by atoms with Crippen molar-refractivity contribution in [3.8, 4) is 11.5 Å². The Kier molecular flexibility index (Phi) is 5.40. The van der Waals surface area contributed by atoms with Crippen molar-refractivity contribution in [1.82, 2.24) is 15.2 Å². The number of ether oxygens (including phenoxy) is 1. The van der Waals surface area contributed by atoms with Crippen molar-refractivity contribution < 1.29 is 23.1 Å². The van der Waals surface area contributed by atoms with Gasteiger partial charge in [0.15, 0.2) is 23.0 Å². The molecule has 0 saturated heterocycles. The summed E-state index contributed by atoms with van der Waals surface area (Å²) in [5.74, 6) is -2.67. The second-order valence-electron chi connectivity index (χ2n) is 8.26. The summed E-state index contributed by atoms with van der Waals surface area (Å²) in [6.07, 6.45) is 1.91. The van der Waals surface area contributed by atoms with E-state index in [4.69, 9.17) is 22.1 Å². The van der Waals surface area contributed by atoms with Crippen molar-refractivity contribution in [2.24, 2.45) is 11.1 Å². The van der Waals surface area contributed by atoms with Crippen molar-refractivity contribution in [2.45, 2.75) is 19.8 Å². The number of anilines is 2. The lowest BCUT2D eigenvalue weighted by Crippen LogP contribution is -2.41. The molecule has 4 aromatic rings. The number of aromatic nitrogens is 3. The first-order valence-corrected chi connectivity index (χ1v) is 11.0. The Balaban J connectivity index is 1.55. The first-order chi connectivity index (χ1) is 16.7. The number of hydrogen-bond donors (Lipinski definition) is 2. The van der Waals surface area contributed by atoms with Crippen LogP contribution in [0.3, 0.4) is 0 Å². The molecule has 0 spiro atoms. The molecule has 11 heteroatoms. The van der Waals surface area contributed by atoms with E-state index in [1.54, 1.807) is 6.92 Å². The van der Waals surface area contributed by atoms with Gasteiger partial charge in [0.2, 0.25) is 11.8 Å². The normalized spacial score (nSPS) is 14.1. The Morgan fingerprint density at radius 1 is 1.14 bits per heavy atom. The van der Waals surface area contributed by atoms with Crippen LogP contribution in [0, 0.1) is 24.0 Å². The quantitative estimate of drug-likeness (QED) is 0.367. The average Bonchev–Trinajstić information content (AvgIpc) is 3.57. The van der Waals surface area contributed by atoms with Crippen molar-refractivity contribution in [1.29, 1.82) is 0 Å². The molecule has 8 nitrogen and oxygen atoms in total. The van der Waals surface area contributed by atoms with E-state index in [-0.39, 0.29) is 40.7 Å². The Labute approximate surface area is 202 Å². The topological polar surface area (TPSA) is 114 Å². The maximum atomic E-state index is 15.3. The van der Waals surface area contributed by atoms with Crippen LogP contribution in [0.25, 0.3) is 11.0 Å². The number of benzene rings is 2. The fourth-order valence-corrected chi connectivity index (χ4v) is 4.06. The Hall–Kier alpha value is -4.05. The zero-order valence-corrected chi connectivity index (χ0v) is 19.1. The second kappa shape index (κ2) is 8.31. The molecule has 0 unspecified atom stereocenters. The van der Waals surface area contributed by atoms with Crippen molar-refractivity contribution in [3.63, 3.8) is 0 Å². The van der Waals surface area contributed by atoms with Crippen LogP contribution >= 0.6 is 11.6 Å². The number of aromatic amines is 1. The van der Waals surface area contributed by atoms with Crippen LogP contribution in [0.1, 0.15) is 18.5 Å². The zero-order valence-electron chi connectivity index (χ0n) is 18.3. The molecule has 1 aliphatic carbocycles. The number of nitrogens with zero attached hydrogens (tertiary/aromatic N) is 3. The van der Waals surface area contributed by atoms with Gasteiger partial charge in [0.25, 0.3) is 0 Å². The number of rotatable bonds is 6. The highest BCUT2D eigenvalue weighted by Gasteiger charge is 2.57. The number of primary amides is 1. The van der Waals surface area contributed by atoms with Gasteiger partial charge in [-0.1, -0.05) is 11.6 Å². The van der Waals surface area contributed by atoms with Crippen LogP contribution in [-0.2, 0) is 9.59 Å². The minimum absolute atomic E-state index is 0.115. The molecule has 0 radical (unpaired) electrons. The smallest absolute Gasteiger partial charge is 0.247 e. The summed E-state index contributed by atoms with van der Waals surface area (Å²) >= 11 is 6.26. The fraction of sp³-hybridized carbons (Fsp3) is 0.167. The molecular weight excluding hydrogens is 480 g/mol. The molecule has 1 aliphatic rings. The average molecular weight is 498 g/mol. The fourth-order valence-electron chi connectivity index (χ4n) is 3.88. The molecule has 3 N–H and O–H groups in total. The highest BCUT2D eigenvalue weighted by atomic mass is 35.5. The maximum absolute atomic E-state index is 15.3. The lowest BCUT2D eigenvalue weighted by atomic mass is 10.0. The molecule has 2 amide bonds. The third kappa shape index (κ3) is 3.85. The summed E-state index contributed by atoms with van der Waals surface area (Å²) in [5, 5.41) is 7.48. The van der Waals surface area contributed by atoms with E-state index in [2.05, 4.69) is 15.2 Å². The maximum Gasteiger partial charge on any atom is 0.247 e. The zero-order chi connectivity index (χ0) is 24.9. The molecule has 0 aliphatic heterocycles. The first-order valence-electron chi connectivity index (χ1n) is 10.6. The minimum Gasteiger partial charge on any atom is -0.452 e. The summed E-state index contributed by atoms with van der Waals surface area (Å²) < 4.78 is 34.6. The van der Waals surface area contributed by atoms with Gasteiger partial charge in [-0.2, -0.15) is 5.10 Å². The summed E-state index contributed by atoms with van der Waals surface area (Å²) in [6.45, 7) is 1.75. The highest BCUT2D eigenvalue weighted by molar-refractivity contribution is 6.33. The molecule has 0 bridgehead atoms. The van der Waals surface area contributed by atoms with E-state index in [0.29, 0.717) is 16.7 Å². The number of nitrogens with one attached hydrogen (secondary N) is 1. The number of hydrogen-bond acceptors (Lipinski definition) is 5. The second-order valence-corrected chi connectivity index (χ2v) is 8.67. The first kappa shape index (κ1) is 22.7. The number of carbonyl (C=O) groups is 2. The van der Waals surface area contributed by atoms with Gasteiger partial charge in [-0.05, 0) is 56.2 Å². The summed E-state index contributed by atoms with van der Waals surface area (Å²) in [6, 6.07) is 8.92. The lowest BCUT2D eigenvalue weighted by molar-refractivity contribution is -0.133. The van der Waals surface area contributed by atoms with Gasteiger partial charge in [-0.3, -0.25) is 19.6 Å². The van der Waals surface area contributed by atoms with Crippen LogP contribution in [-0.4, -0.2) is 27.0 Å². The third-order valence-corrected chi connectivity index (χ3v) is 6.25. The van der Waals surface area contributed by atoms with Crippen LogP contribution in [0.4, 0.5) is 20.2 Å². The van der Waals surface area contributed by atoms with Crippen LogP contribution < -0.4 is 15.4 Å². The van der Waals surface area contributed by atoms with E-state index in [1.807, 2.05) is 0 Å².